The smallest absolute Gasteiger partial charge is 0.130 e. The van der Waals surface area contributed by atoms with Crippen LogP contribution in [-0.4, -0.2) is 5.84 Å². The van der Waals surface area contributed by atoms with Gasteiger partial charge in [-0.1, -0.05) is 18.2 Å². The molecule has 3 N–H and O–H groups in total. The van der Waals surface area contributed by atoms with Crippen molar-refractivity contribution >= 4 is 11.9 Å². The molecule has 3 heteroatoms. The molecule has 0 amide bonds. The van der Waals surface area contributed by atoms with E-state index in [1.165, 1.54) is 18.2 Å². The van der Waals surface area contributed by atoms with Crippen LogP contribution in [0.4, 0.5) is 4.39 Å². The molecule has 0 aliphatic heterocycles. The molecule has 0 saturated heterocycles. The largest absolute Gasteiger partial charge is 0.384 e. The van der Waals surface area contributed by atoms with Crippen molar-refractivity contribution in [3.05, 3.63) is 41.7 Å². The molecule has 0 aliphatic rings. The van der Waals surface area contributed by atoms with Crippen LogP contribution in [0.2, 0.25) is 0 Å². The van der Waals surface area contributed by atoms with E-state index in [0.717, 1.165) is 0 Å². The third-order valence-electron chi connectivity index (χ3n) is 1.35. The van der Waals surface area contributed by atoms with Crippen LogP contribution in [0.3, 0.4) is 0 Å². The molecule has 0 saturated carbocycles. The first-order chi connectivity index (χ1) is 5.70. The predicted octanol–water partition coefficient (Wildman–Crippen LogP) is 1.77. The van der Waals surface area contributed by atoms with Gasteiger partial charge in [0.1, 0.15) is 11.7 Å². The van der Waals surface area contributed by atoms with Crippen molar-refractivity contribution in [3.8, 4) is 0 Å². The summed E-state index contributed by atoms with van der Waals surface area (Å²) in [6.45, 7) is 0. The topological polar surface area (TPSA) is 49.9 Å². The number of hydrogen-bond donors (Lipinski definition) is 2. The summed E-state index contributed by atoms with van der Waals surface area (Å²) in [7, 11) is 0. The highest BCUT2D eigenvalue weighted by Gasteiger charge is 1.93. The zero-order chi connectivity index (χ0) is 8.97. The van der Waals surface area contributed by atoms with E-state index in [4.69, 9.17) is 11.1 Å². The van der Waals surface area contributed by atoms with E-state index < -0.39 is 0 Å². The number of nitrogens with one attached hydrogen (secondary N) is 1. The summed E-state index contributed by atoms with van der Waals surface area (Å²) in [5.74, 6) is -0.395. The van der Waals surface area contributed by atoms with E-state index in [9.17, 15) is 4.39 Å². The Morgan fingerprint density at radius 1 is 1.42 bits per heavy atom. The molecule has 1 aromatic carbocycles. The van der Waals surface area contributed by atoms with Crippen molar-refractivity contribution in [2.24, 2.45) is 5.73 Å². The number of nitrogens with two attached hydrogens (primary N) is 1. The summed E-state index contributed by atoms with van der Waals surface area (Å²) in [5.41, 5.74) is 5.50. The lowest BCUT2D eigenvalue weighted by molar-refractivity contribution is 0.625. The molecule has 0 heterocycles. The molecule has 0 radical (unpaired) electrons. The Balaban J connectivity index is 2.89. The molecule has 62 valence electrons. The van der Waals surface area contributed by atoms with Gasteiger partial charge in [0.15, 0.2) is 0 Å². The average Bonchev–Trinajstić information content (AvgIpc) is 2.03. The van der Waals surface area contributed by atoms with Crippen molar-refractivity contribution in [1.82, 2.24) is 0 Å². The summed E-state index contributed by atoms with van der Waals surface area (Å²) in [4.78, 5) is 0. The fraction of sp³-hybridized carbons (Fsp3) is 0. The molecule has 1 rings (SSSR count). The number of amidine groups is 1. The van der Waals surface area contributed by atoms with E-state index >= 15 is 0 Å². The maximum atomic E-state index is 12.9. The lowest BCUT2D eigenvalue weighted by atomic mass is 10.2. The average molecular weight is 164 g/mol. The van der Waals surface area contributed by atoms with Crippen molar-refractivity contribution in [3.63, 3.8) is 0 Å². The van der Waals surface area contributed by atoms with Gasteiger partial charge >= 0.3 is 0 Å². The second kappa shape index (κ2) is 3.67. The Bertz CT molecular complexity index is 318. The minimum Gasteiger partial charge on any atom is -0.384 e. The standard InChI is InChI=1S/C9H9FN2/c10-8-4-2-1-3-7(8)5-6-9(11)12/h1-6H,(H3,11,12)/b6-5+. The lowest BCUT2D eigenvalue weighted by Gasteiger charge is -1.93. The van der Waals surface area contributed by atoms with Crippen LogP contribution in [0, 0.1) is 11.2 Å². The highest BCUT2D eigenvalue weighted by Crippen LogP contribution is 2.07. The minimum atomic E-state index is -0.310. The van der Waals surface area contributed by atoms with Crippen LogP contribution < -0.4 is 5.73 Å². The molecule has 2 nitrogen and oxygen atoms in total. The molecular weight excluding hydrogens is 155 g/mol. The van der Waals surface area contributed by atoms with Gasteiger partial charge in [-0.05, 0) is 18.2 Å². The fourth-order valence-electron chi connectivity index (χ4n) is 0.790. The molecule has 0 spiro atoms. The van der Waals surface area contributed by atoms with Gasteiger partial charge in [0, 0.05) is 5.56 Å². The van der Waals surface area contributed by atoms with E-state index in [1.807, 2.05) is 0 Å². The molecule has 12 heavy (non-hydrogen) atoms. The highest BCUT2D eigenvalue weighted by molar-refractivity contribution is 5.92. The van der Waals surface area contributed by atoms with E-state index in [2.05, 4.69) is 0 Å². The maximum absolute atomic E-state index is 12.9. The van der Waals surface area contributed by atoms with Gasteiger partial charge in [-0.15, -0.1) is 0 Å². The van der Waals surface area contributed by atoms with E-state index in [1.54, 1.807) is 18.2 Å². The van der Waals surface area contributed by atoms with Gasteiger partial charge < -0.3 is 5.73 Å². The predicted molar refractivity (Wildman–Crippen MR) is 47.3 cm³/mol. The number of hydrogen-bond acceptors (Lipinski definition) is 1. The number of benzene rings is 1. The van der Waals surface area contributed by atoms with Crippen molar-refractivity contribution in [1.29, 1.82) is 5.41 Å². The van der Waals surface area contributed by atoms with E-state index in [0.29, 0.717) is 5.56 Å². The van der Waals surface area contributed by atoms with Crippen molar-refractivity contribution in [2.45, 2.75) is 0 Å². The lowest BCUT2D eigenvalue weighted by Crippen LogP contribution is -2.04. The zero-order valence-electron chi connectivity index (χ0n) is 6.42. The SMILES string of the molecule is N=C(N)/C=C/c1ccccc1F. The first kappa shape index (κ1) is 8.46. The summed E-state index contributed by atoms with van der Waals surface area (Å²) in [6.07, 6.45) is 2.82. The van der Waals surface area contributed by atoms with Crippen LogP contribution >= 0.6 is 0 Å². The van der Waals surface area contributed by atoms with Crippen molar-refractivity contribution < 1.29 is 4.39 Å². The van der Waals surface area contributed by atoms with Gasteiger partial charge in [-0.25, -0.2) is 4.39 Å². The maximum Gasteiger partial charge on any atom is 0.130 e. The van der Waals surface area contributed by atoms with Gasteiger partial charge in [0.2, 0.25) is 0 Å². The molecule has 0 fully saturated rings. The van der Waals surface area contributed by atoms with Crippen LogP contribution in [0.5, 0.6) is 0 Å². The summed E-state index contributed by atoms with van der Waals surface area (Å²) < 4.78 is 12.9. The first-order valence-corrected chi connectivity index (χ1v) is 3.47. The Hall–Kier alpha value is -1.64. The number of halogens is 1. The van der Waals surface area contributed by atoms with Gasteiger partial charge in [-0.2, -0.15) is 0 Å². The van der Waals surface area contributed by atoms with Crippen LogP contribution in [-0.2, 0) is 0 Å². The first-order valence-electron chi connectivity index (χ1n) is 3.47. The fourth-order valence-corrected chi connectivity index (χ4v) is 0.790. The summed E-state index contributed by atoms with van der Waals surface area (Å²) >= 11 is 0. The molecule has 0 bridgehead atoms. The zero-order valence-corrected chi connectivity index (χ0v) is 6.42. The van der Waals surface area contributed by atoms with Gasteiger partial charge in [-0.3, -0.25) is 5.41 Å². The van der Waals surface area contributed by atoms with Crippen LogP contribution in [0.25, 0.3) is 6.08 Å². The Labute approximate surface area is 70.0 Å². The monoisotopic (exact) mass is 164 g/mol. The quantitative estimate of drug-likeness (QED) is 0.508. The molecular formula is C9H9FN2. The summed E-state index contributed by atoms with van der Waals surface area (Å²) in [6, 6.07) is 6.32. The second-order valence-electron chi connectivity index (χ2n) is 2.31. The molecule has 0 atom stereocenters. The third-order valence-corrected chi connectivity index (χ3v) is 1.35. The normalized spacial score (nSPS) is 10.4. The molecule has 0 unspecified atom stereocenters. The Kier molecular flexibility index (Phi) is 2.58. The highest BCUT2D eigenvalue weighted by atomic mass is 19.1. The van der Waals surface area contributed by atoms with E-state index in [-0.39, 0.29) is 11.7 Å². The second-order valence-corrected chi connectivity index (χ2v) is 2.31. The van der Waals surface area contributed by atoms with Crippen molar-refractivity contribution in [2.75, 3.05) is 0 Å². The Morgan fingerprint density at radius 3 is 2.67 bits per heavy atom. The molecule has 0 aliphatic carbocycles. The van der Waals surface area contributed by atoms with Crippen LogP contribution in [0.15, 0.2) is 30.3 Å². The van der Waals surface area contributed by atoms with Gasteiger partial charge in [0.25, 0.3) is 0 Å². The Morgan fingerprint density at radius 2 is 2.08 bits per heavy atom. The van der Waals surface area contributed by atoms with Crippen LogP contribution in [0.1, 0.15) is 5.56 Å². The summed E-state index contributed by atoms with van der Waals surface area (Å²) in [5, 5.41) is 6.88. The minimum absolute atomic E-state index is 0.0850. The number of rotatable bonds is 2. The van der Waals surface area contributed by atoms with Gasteiger partial charge in [0.05, 0.1) is 0 Å². The third kappa shape index (κ3) is 2.20. The molecule has 1 aromatic rings. The molecule has 0 aromatic heterocycles.